The molecule has 26 heavy (non-hydrogen) atoms. The van der Waals surface area contributed by atoms with E-state index >= 15 is 0 Å². The lowest BCUT2D eigenvalue weighted by molar-refractivity contribution is 0.0962. The van der Waals surface area contributed by atoms with Gasteiger partial charge in [0.1, 0.15) is 11.9 Å². The molecule has 0 saturated carbocycles. The summed E-state index contributed by atoms with van der Waals surface area (Å²) in [6.07, 6.45) is 6.14. The number of piperidine rings is 1. The molecule has 1 aromatic rings. The molecule has 0 radical (unpaired) electrons. The molecule has 0 bridgehead atoms. The van der Waals surface area contributed by atoms with Crippen molar-refractivity contribution in [1.29, 1.82) is 5.26 Å². The van der Waals surface area contributed by atoms with E-state index in [1.807, 2.05) is 13.0 Å². The predicted molar refractivity (Wildman–Crippen MR) is 96.7 cm³/mol. The molecule has 3 rings (SSSR count). The van der Waals surface area contributed by atoms with Gasteiger partial charge in [0.2, 0.25) is 0 Å². The third-order valence-electron chi connectivity index (χ3n) is 4.86. The Kier molecular flexibility index (Phi) is 5.29. The van der Waals surface area contributed by atoms with E-state index in [1.54, 1.807) is 13.0 Å². The second-order valence-corrected chi connectivity index (χ2v) is 6.58. The molecule has 1 aliphatic carbocycles. The van der Waals surface area contributed by atoms with Gasteiger partial charge in [-0.25, -0.2) is 4.39 Å². The van der Waals surface area contributed by atoms with Crippen LogP contribution in [0.1, 0.15) is 41.4 Å². The number of nitriles is 1. The van der Waals surface area contributed by atoms with Crippen LogP contribution in [-0.4, -0.2) is 24.0 Å². The molecule has 0 aromatic carbocycles. The smallest absolute Gasteiger partial charge is 0.257 e. The SMILES string of the molecule is Cc1ncc(C(=O)NC2=CC(F)=CC(=C3CCNCC3)C2C)cc1C#N. The molecule has 1 amide bonds. The van der Waals surface area contributed by atoms with E-state index in [0.717, 1.165) is 31.5 Å². The van der Waals surface area contributed by atoms with E-state index in [1.165, 1.54) is 23.9 Å². The summed E-state index contributed by atoms with van der Waals surface area (Å²) in [4.78, 5) is 16.6. The maximum atomic E-state index is 14.2. The average Bonchev–Trinajstić information content (AvgIpc) is 2.65. The Labute approximate surface area is 152 Å². The van der Waals surface area contributed by atoms with Gasteiger partial charge in [-0.3, -0.25) is 9.78 Å². The Bertz CT molecular complexity index is 868. The monoisotopic (exact) mass is 352 g/mol. The van der Waals surface area contributed by atoms with Gasteiger partial charge in [-0.1, -0.05) is 12.5 Å². The van der Waals surface area contributed by atoms with E-state index in [0.29, 0.717) is 17.0 Å². The minimum absolute atomic E-state index is 0.0969. The molecule has 1 unspecified atom stereocenters. The van der Waals surface area contributed by atoms with E-state index in [9.17, 15) is 9.18 Å². The lowest BCUT2D eigenvalue weighted by atomic mass is 9.85. The van der Waals surface area contributed by atoms with Gasteiger partial charge in [-0.2, -0.15) is 5.26 Å². The zero-order valence-corrected chi connectivity index (χ0v) is 14.9. The molecule has 6 heteroatoms. The molecule has 2 heterocycles. The van der Waals surface area contributed by atoms with E-state index < -0.39 is 5.91 Å². The largest absolute Gasteiger partial charge is 0.325 e. The van der Waals surface area contributed by atoms with Crippen LogP contribution >= 0.6 is 0 Å². The fourth-order valence-corrected chi connectivity index (χ4v) is 3.30. The number of pyridine rings is 1. The molecule has 1 aromatic heterocycles. The van der Waals surface area contributed by atoms with Crippen LogP contribution in [0.25, 0.3) is 0 Å². The first kappa shape index (κ1) is 18.0. The van der Waals surface area contributed by atoms with Crippen molar-refractivity contribution in [3.8, 4) is 6.07 Å². The number of carbonyl (C=O) groups is 1. The van der Waals surface area contributed by atoms with Crippen LogP contribution in [0, 0.1) is 24.2 Å². The van der Waals surface area contributed by atoms with Crippen molar-refractivity contribution in [3.63, 3.8) is 0 Å². The van der Waals surface area contributed by atoms with Crippen molar-refractivity contribution < 1.29 is 9.18 Å². The zero-order chi connectivity index (χ0) is 18.7. The maximum Gasteiger partial charge on any atom is 0.257 e. The van der Waals surface area contributed by atoms with Gasteiger partial charge in [0, 0.05) is 17.8 Å². The molecule has 134 valence electrons. The molecule has 1 aliphatic heterocycles. The van der Waals surface area contributed by atoms with Crippen molar-refractivity contribution in [3.05, 3.63) is 63.9 Å². The molecular weight excluding hydrogens is 331 g/mol. The van der Waals surface area contributed by atoms with Gasteiger partial charge in [0.05, 0.1) is 16.8 Å². The van der Waals surface area contributed by atoms with Gasteiger partial charge in [-0.05, 0) is 56.6 Å². The molecule has 2 aliphatic rings. The van der Waals surface area contributed by atoms with Crippen LogP contribution in [0.2, 0.25) is 0 Å². The van der Waals surface area contributed by atoms with Crippen molar-refractivity contribution in [2.45, 2.75) is 26.7 Å². The zero-order valence-electron chi connectivity index (χ0n) is 14.9. The Hall–Kier alpha value is -2.78. The van der Waals surface area contributed by atoms with Gasteiger partial charge in [-0.15, -0.1) is 0 Å². The van der Waals surface area contributed by atoms with Gasteiger partial charge in [0.25, 0.3) is 5.91 Å². The Morgan fingerprint density at radius 1 is 1.38 bits per heavy atom. The third-order valence-corrected chi connectivity index (χ3v) is 4.86. The summed E-state index contributed by atoms with van der Waals surface area (Å²) in [5, 5.41) is 15.2. The fourth-order valence-electron chi connectivity index (χ4n) is 3.30. The highest BCUT2D eigenvalue weighted by Crippen LogP contribution is 2.32. The lowest BCUT2D eigenvalue weighted by Gasteiger charge is -2.27. The van der Waals surface area contributed by atoms with Crippen molar-refractivity contribution in [2.75, 3.05) is 13.1 Å². The van der Waals surface area contributed by atoms with Crippen LogP contribution in [-0.2, 0) is 0 Å². The van der Waals surface area contributed by atoms with Gasteiger partial charge < -0.3 is 10.6 Å². The number of aromatic nitrogens is 1. The second kappa shape index (κ2) is 7.63. The van der Waals surface area contributed by atoms with Crippen molar-refractivity contribution in [2.24, 2.45) is 5.92 Å². The molecule has 0 spiro atoms. The lowest BCUT2D eigenvalue weighted by Crippen LogP contribution is -2.30. The number of allylic oxidation sites excluding steroid dienone is 4. The highest BCUT2D eigenvalue weighted by atomic mass is 19.1. The first-order chi connectivity index (χ1) is 12.5. The Morgan fingerprint density at radius 3 is 2.81 bits per heavy atom. The van der Waals surface area contributed by atoms with E-state index in [-0.39, 0.29) is 17.3 Å². The number of halogens is 1. The highest BCUT2D eigenvalue weighted by Gasteiger charge is 2.24. The van der Waals surface area contributed by atoms with E-state index in [2.05, 4.69) is 15.6 Å². The minimum atomic E-state index is -0.392. The molecular formula is C20H21FN4O. The Balaban J connectivity index is 1.84. The maximum absolute atomic E-state index is 14.2. The molecule has 1 saturated heterocycles. The van der Waals surface area contributed by atoms with Crippen LogP contribution in [0.4, 0.5) is 4.39 Å². The second-order valence-electron chi connectivity index (χ2n) is 6.58. The molecule has 1 atom stereocenters. The van der Waals surface area contributed by atoms with Crippen LogP contribution < -0.4 is 10.6 Å². The Morgan fingerprint density at radius 2 is 2.12 bits per heavy atom. The average molecular weight is 352 g/mol. The normalized spacial score (nSPS) is 20.2. The van der Waals surface area contributed by atoms with Crippen LogP contribution in [0.5, 0.6) is 0 Å². The third kappa shape index (κ3) is 3.73. The predicted octanol–water partition coefficient (Wildman–Crippen LogP) is 3.06. The van der Waals surface area contributed by atoms with Crippen LogP contribution in [0.15, 0.2) is 47.1 Å². The topological polar surface area (TPSA) is 77.8 Å². The van der Waals surface area contributed by atoms with Crippen LogP contribution in [0.3, 0.4) is 0 Å². The van der Waals surface area contributed by atoms with Gasteiger partial charge in [0.15, 0.2) is 0 Å². The summed E-state index contributed by atoms with van der Waals surface area (Å²) in [7, 11) is 0. The highest BCUT2D eigenvalue weighted by molar-refractivity contribution is 5.95. The van der Waals surface area contributed by atoms with Crippen molar-refractivity contribution >= 4 is 5.91 Å². The summed E-state index contributed by atoms with van der Waals surface area (Å²) in [5.41, 5.74) is 3.91. The summed E-state index contributed by atoms with van der Waals surface area (Å²) in [5.74, 6) is -0.851. The number of carbonyl (C=O) groups excluding carboxylic acids is 1. The van der Waals surface area contributed by atoms with Gasteiger partial charge >= 0.3 is 0 Å². The summed E-state index contributed by atoms with van der Waals surface area (Å²) < 4.78 is 14.2. The minimum Gasteiger partial charge on any atom is -0.325 e. The number of nitrogens with zero attached hydrogens (tertiary/aromatic N) is 2. The van der Waals surface area contributed by atoms with Crippen molar-refractivity contribution in [1.82, 2.24) is 15.6 Å². The number of aryl methyl sites for hydroxylation is 1. The number of hydrogen-bond acceptors (Lipinski definition) is 4. The summed E-state index contributed by atoms with van der Waals surface area (Å²) >= 11 is 0. The van der Waals surface area contributed by atoms with E-state index in [4.69, 9.17) is 5.26 Å². The first-order valence-corrected chi connectivity index (χ1v) is 8.69. The summed E-state index contributed by atoms with van der Waals surface area (Å²) in [6, 6.07) is 3.52. The fraction of sp³-hybridized carbons (Fsp3) is 0.350. The number of nitrogens with one attached hydrogen (secondary N) is 2. The number of amides is 1. The number of rotatable bonds is 2. The quantitative estimate of drug-likeness (QED) is 0.857. The molecule has 5 nitrogen and oxygen atoms in total. The standard InChI is InChI=1S/C20H21FN4O/c1-12-18(14-3-5-23-6-4-14)8-17(21)9-19(12)25-20(26)16-7-15(10-22)13(2)24-11-16/h7-9,11-12,23H,3-6H2,1-2H3,(H,25,26). The summed E-state index contributed by atoms with van der Waals surface area (Å²) in [6.45, 7) is 5.45. The molecule has 2 N–H and O–H groups in total. The first-order valence-electron chi connectivity index (χ1n) is 8.69. The molecule has 1 fully saturated rings. The number of hydrogen-bond donors (Lipinski definition) is 2.